The van der Waals surface area contributed by atoms with Gasteiger partial charge in [0.25, 0.3) is 11.8 Å². The van der Waals surface area contributed by atoms with Crippen molar-refractivity contribution in [3.63, 3.8) is 0 Å². The molecule has 0 bridgehead atoms. The first-order chi connectivity index (χ1) is 5.11. The van der Waals surface area contributed by atoms with Crippen molar-refractivity contribution in [2.24, 2.45) is 11.5 Å². The molecule has 0 saturated heterocycles. The SMILES string of the molecule is NC(=O)c1n[nH]c(C(N)=O)n1. The number of primary amides is 2. The fourth-order valence-electron chi connectivity index (χ4n) is 0.482. The van der Waals surface area contributed by atoms with Crippen molar-refractivity contribution >= 4 is 11.8 Å². The zero-order valence-corrected chi connectivity index (χ0v) is 5.37. The summed E-state index contributed by atoms with van der Waals surface area (Å²) in [5.74, 6) is -2.03. The number of nitrogens with zero attached hydrogens (tertiary/aromatic N) is 2. The molecule has 0 spiro atoms. The molecule has 58 valence electrons. The average Bonchev–Trinajstić information content (AvgIpc) is 2.33. The van der Waals surface area contributed by atoms with Crippen LogP contribution in [0.15, 0.2) is 0 Å². The van der Waals surface area contributed by atoms with Crippen molar-refractivity contribution in [1.82, 2.24) is 15.2 Å². The molecule has 1 aromatic heterocycles. The van der Waals surface area contributed by atoms with E-state index in [4.69, 9.17) is 11.5 Å². The van der Waals surface area contributed by atoms with E-state index in [9.17, 15) is 9.59 Å². The Morgan fingerprint density at radius 3 is 2.18 bits per heavy atom. The molecular formula is C4H5N5O2. The van der Waals surface area contributed by atoms with Gasteiger partial charge in [-0.15, -0.1) is 5.10 Å². The van der Waals surface area contributed by atoms with Gasteiger partial charge in [-0.25, -0.2) is 0 Å². The van der Waals surface area contributed by atoms with Crippen LogP contribution >= 0.6 is 0 Å². The van der Waals surface area contributed by atoms with Gasteiger partial charge in [-0.05, 0) is 0 Å². The van der Waals surface area contributed by atoms with Crippen molar-refractivity contribution < 1.29 is 9.59 Å². The highest BCUT2D eigenvalue weighted by Crippen LogP contribution is 1.88. The zero-order chi connectivity index (χ0) is 8.43. The van der Waals surface area contributed by atoms with Crippen molar-refractivity contribution in [3.8, 4) is 0 Å². The summed E-state index contributed by atoms with van der Waals surface area (Å²) in [7, 11) is 0. The lowest BCUT2D eigenvalue weighted by Gasteiger charge is -1.81. The van der Waals surface area contributed by atoms with Crippen LogP contribution in [-0.4, -0.2) is 27.0 Å². The molecule has 0 fully saturated rings. The minimum atomic E-state index is -0.811. The summed E-state index contributed by atoms with van der Waals surface area (Å²) >= 11 is 0. The standard InChI is InChI=1S/C4H5N5O2/c5-1(10)3-7-4(2(6)11)9-8-3/h(H2,5,10)(H2,6,11)(H,7,8,9). The number of aromatic nitrogens is 3. The number of carbonyl (C=O) groups excluding carboxylic acids is 2. The maximum atomic E-state index is 10.4. The number of amides is 2. The Morgan fingerprint density at radius 2 is 1.91 bits per heavy atom. The molecule has 0 radical (unpaired) electrons. The second-order valence-corrected chi connectivity index (χ2v) is 1.74. The monoisotopic (exact) mass is 155 g/mol. The average molecular weight is 155 g/mol. The molecule has 7 heteroatoms. The van der Waals surface area contributed by atoms with Crippen molar-refractivity contribution in [1.29, 1.82) is 0 Å². The summed E-state index contributed by atoms with van der Waals surface area (Å²) in [6, 6.07) is 0. The number of rotatable bonds is 2. The summed E-state index contributed by atoms with van der Waals surface area (Å²) in [5.41, 5.74) is 9.59. The number of carbonyl (C=O) groups is 2. The van der Waals surface area contributed by atoms with Gasteiger partial charge >= 0.3 is 0 Å². The van der Waals surface area contributed by atoms with Crippen molar-refractivity contribution in [3.05, 3.63) is 11.6 Å². The Hall–Kier alpha value is -1.92. The van der Waals surface area contributed by atoms with E-state index in [-0.39, 0.29) is 11.6 Å². The van der Waals surface area contributed by atoms with Crippen LogP contribution in [0.5, 0.6) is 0 Å². The number of nitrogens with two attached hydrogens (primary N) is 2. The van der Waals surface area contributed by atoms with E-state index in [1.807, 2.05) is 0 Å². The Bertz CT molecular complexity index is 275. The largest absolute Gasteiger partial charge is 0.363 e. The fraction of sp³-hybridized carbons (Fsp3) is 0. The molecule has 0 aliphatic heterocycles. The van der Waals surface area contributed by atoms with Gasteiger partial charge in [0.2, 0.25) is 11.6 Å². The van der Waals surface area contributed by atoms with E-state index < -0.39 is 11.8 Å². The topological polar surface area (TPSA) is 128 Å². The first-order valence-electron chi connectivity index (χ1n) is 2.63. The summed E-state index contributed by atoms with van der Waals surface area (Å²) < 4.78 is 0. The highest BCUT2D eigenvalue weighted by atomic mass is 16.2. The molecule has 7 nitrogen and oxygen atoms in total. The van der Waals surface area contributed by atoms with E-state index in [2.05, 4.69) is 15.2 Å². The molecule has 0 saturated carbocycles. The first-order valence-corrected chi connectivity index (χ1v) is 2.63. The molecule has 2 amide bonds. The lowest BCUT2D eigenvalue weighted by Crippen LogP contribution is -2.15. The molecule has 1 rings (SSSR count). The van der Waals surface area contributed by atoms with E-state index >= 15 is 0 Å². The van der Waals surface area contributed by atoms with Crippen LogP contribution in [0, 0.1) is 0 Å². The van der Waals surface area contributed by atoms with Crippen molar-refractivity contribution in [2.45, 2.75) is 0 Å². The van der Waals surface area contributed by atoms with Gasteiger partial charge in [0.1, 0.15) is 0 Å². The third-order valence-electron chi connectivity index (χ3n) is 0.939. The van der Waals surface area contributed by atoms with Crippen LogP contribution in [-0.2, 0) is 0 Å². The summed E-state index contributed by atoms with van der Waals surface area (Å²) in [6.07, 6.45) is 0. The van der Waals surface area contributed by atoms with Gasteiger partial charge in [-0.3, -0.25) is 14.7 Å². The van der Waals surface area contributed by atoms with Gasteiger partial charge < -0.3 is 11.5 Å². The highest BCUT2D eigenvalue weighted by Gasteiger charge is 2.10. The maximum Gasteiger partial charge on any atom is 0.288 e. The summed E-state index contributed by atoms with van der Waals surface area (Å²) in [4.78, 5) is 24.1. The fourth-order valence-corrected chi connectivity index (χ4v) is 0.482. The third kappa shape index (κ3) is 1.31. The molecule has 0 aliphatic rings. The van der Waals surface area contributed by atoms with Gasteiger partial charge in [0.15, 0.2) is 0 Å². The molecule has 1 aromatic rings. The Balaban J connectivity index is 2.99. The smallest absolute Gasteiger partial charge is 0.288 e. The molecule has 0 aliphatic carbocycles. The van der Waals surface area contributed by atoms with Crippen LogP contribution in [0.4, 0.5) is 0 Å². The van der Waals surface area contributed by atoms with Crippen LogP contribution in [0.2, 0.25) is 0 Å². The normalized spacial score (nSPS) is 9.45. The molecule has 5 N–H and O–H groups in total. The van der Waals surface area contributed by atoms with Crippen LogP contribution in [0.3, 0.4) is 0 Å². The van der Waals surface area contributed by atoms with Crippen molar-refractivity contribution in [2.75, 3.05) is 0 Å². The van der Waals surface area contributed by atoms with Gasteiger partial charge in [-0.2, -0.15) is 4.98 Å². The number of aromatic amines is 1. The van der Waals surface area contributed by atoms with E-state index in [1.54, 1.807) is 0 Å². The molecule has 1 heterocycles. The minimum absolute atomic E-state index is 0.182. The second-order valence-electron chi connectivity index (χ2n) is 1.74. The molecule has 0 atom stereocenters. The number of nitrogens with one attached hydrogen (secondary N) is 1. The predicted molar refractivity (Wildman–Crippen MR) is 33.4 cm³/mol. The predicted octanol–water partition coefficient (Wildman–Crippen LogP) is -2.00. The van der Waals surface area contributed by atoms with Crippen LogP contribution in [0.1, 0.15) is 21.2 Å². The molecule has 11 heavy (non-hydrogen) atoms. The van der Waals surface area contributed by atoms with E-state index in [1.165, 1.54) is 0 Å². The Kier molecular flexibility index (Phi) is 1.55. The van der Waals surface area contributed by atoms with Crippen LogP contribution in [0.25, 0.3) is 0 Å². The third-order valence-corrected chi connectivity index (χ3v) is 0.939. The Labute approximate surface area is 60.8 Å². The maximum absolute atomic E-state index is 10.4. The quantitative estimate of drug-likeness (QED) is 0.456. The Morgan fingerprint density at radius 1 is 1.27 bits per heavy atom. The summed E-state index contributed by atoms with van der Waals surface area (Å²) in [6.45, 7) is 0. The lowest BCUT2D eigenvalue weighted by atomic mass is 10.5. The van der Waals surface area contributed by atoms with E-state index in [0.717, 1.165) is 0 Å². The number of hydrogen-bond acceptors (Lipinski definition) is 4. The number of H-pyrrole nitrogens is 1. The van der Waals surface area contributed by atoms with E-state index in [0.29, 0.717) is 0 Å². The minimum Gasteiger partial charge on any atom is -0.363 e. The number of hydrogen-bond donors (Lipinski definition) is 3. The lowest BCUT2D eigenvalue weighted by molar-refractivity contribution is 0.0989. The summed E-state index contributed by atoms with van der Waals surface area (Å²) in [5, 5.41) is 5.48. The van der Waals surface area contributed by atoms with Crippen LogP contribution < -0.4 is 11.5 Å². The molecule has 0 aromatic carbocycles. The van der Waals surface area contributed by atoms with Gasteiger partial charge in [0, 0.05) is 0 Å². The highest BCUT2D eigenvalue weighted by molar-refractivity contribution is 5.92. The van der Waals surface area contributed by atoms with Gasteiger partial charge in [0.05, 0.1) is 0 Å². The zero-order valence-electron chi connectivity index (χ0n) is 5.37. The first kappa shape index (κ1) is 7.19. The van der Waals surface area contributed by atoms with Gasteiger partial charge in [-0.1, -0.05) is 0 Å². The second kappa shape index (κ2) is 2.37. The molecule has 0 unspecified atom stereocenters. The molecular weight excluding hydrogens is 150 g/mol.